The molecule has 1 aromatic carbocycles. The lowest BCUT2D eigenvalue weighted by molar-refractivity contribution is -0.144. The molecule has 154 valence electrons. The van der Waals surface area contributed by atoms with Crippen molar-refractivity contribution in [2.24, 2.45) is 5.92 Å². The van der Waals surface area contributed by atoms with E-state index in [0.29, 0.717) is 12.0 Å². The second-order valence-corrected chi connectivity index (χ2v) is 7.42. The summed E-state index contributed by atoms with van der Waals surface area (Å²) in [7, 11) is 1.38. The molecule has 2 aliphatic rings. The zero-order chi connectivity index (χ0) is 20.2. The molecule has 0 spiro atoms. The predicted octanol–water partition coefficient (Wildman–Crippen LogP) is 1.78. The van der Waals surface area contributed by atoms with Crippen LogP contribution in [0.3, 0.4) is 0 Å². The van der Waals surface area contributed by atoms with Crippen LogP contribution in [0.4, 0.5) is 0 Å². The molecule has 2 fully saturated rings. The maximum absolute atomic E-state index is 12.8. The van der Waals surface area contributed by atoms with E-state index in [9.17, 15) is 9.59 Å². The molecule has 1 aliphatic carbocycles. The first-order chi connectivity index (χ1) is 14.2. The number of ether oxygens (including phenoxy) is 2. The van der Waals surface area contributed by atoms with E-state index in [0.717, 1.165) is 18.6 Å². The van der Waals surface area contributed by atoms with Gasteiger partial charge in [0.15, 0.2) is 5.76 Å². The summed E-state index contributed by atoms with van der Waals surface area (Å²) >= 11 is 0. The maximum atomic E-state index is 12.8. The summed E-state index contributed by atoms with van der Waals surface area (Å²) in [6.07, 6.45) is 3.87. The zero-order valence-electron chi connectivity index (χ0n) is 16.2. The van der Waals surface area contributed by atoms with Crippen LogP contribution in [0.2, 0.25) is 0 Å². The molecule has 4 rings (SSSR count). The van der Waals surface area contributed by atoms with Crippen molar-refractivity contribution in [3.63, 3.8) is 0 Å². The number of furan rings is 1. The van der Waals surface area contributed by atoms with Gasteiger partial charge in [0.1, 0.15) is 18.4 Å². The van der Waals surface area contributed by atoms with E-state index in [4.69, 9.17) is 13.9 Å². The van der Waals surface area contributed by atoms with Crippen molar-refractivity contribution in [3.8, 4) is 5.75 Å². The van der Waals surface area contributed by atoms with Crippen molar-refractivity contribution < 1.29 is 23.5 Å². The van der Waals surface area contributed by atoms with Crippen molar-refractivity contribution in [2.45, 2.75) is 44.0 Å². The van der Waals surface area contributed by atoms with Crippen molar-refractivity contribution in [1.82, 2.24) is 16.2 Å². The Morgan fingerprint density at radius 2 is 2.00 bits per heavy atom. The molecule has 0 bridgehead atoms. The van der Waals surface area contributed by atoms with Crippen LogP contribution in [0.5, 0.6) is 5.75 Å². The molecule has 3 N–H and O–H groups in total. The highest BCUT2D eigenvalue weighted by Gasteiger charge is 2.44. The van der Waals surface area contributed by atoms with Gasteiger partial charge >= 0.3 is 5.97 Å². The molecular formula is C21H25N3O5. The van der Waals surface area contributed by atoms with Crippen molar-refractivity contribution in [3.05, 3.63) is 54.0 Å². The molecule has 1 saturated carbocycles. The summed E-state index contributed by atoms with van der Waals surface area (Å²) in [5, 5.41) is 3.05. The van der Waals surface area contributed by atoms with Gasteiger partial charge in [-0.1, -0.05) is 18.2 Å². The molecule has 1 aromatic heterocycles. The standard InChI is InChI=1S/C21H25N3O5/c1-27-21(26)18-16-11-14(7-8-17(16)23-24-18)22-20(25)19-13(9-10-28-19)12-29-15-5-3-2-4-6-15/h2-6,9-10,14,16-18,23-24H,7-8,11-12H2,1H3,(H,22,25). The Hall–Kier alpha value is -2.84. The maximum Gasteiger partial charge on any atom is 0.324 e. The highest BCUT2D eigenvalue weighted by Crippen LogP contribution is 2.31. The summed E-state index contributed by atoms with van der Waals surface area (Å²) in [5.74, 6) is 0.504. The zero-order valence-corrected chi connectivity index (χ0v) is 16.2. The lowest BCUT2D eigenvalue weighted by Gasteiger charge is -2.32. The van der Waals surface area contributed by atoms with Gasteiger partial charge in [0.25, 0.3) is 5.91 Å². The molecule has 2 aromatic rings. The van der Waals surface area contributed by atoms with Crippen LogP contribution in [0.25, 0.3) is 0 Å². The summed E-state index contributed by atoms with van der Waals surface area (Å²) in [4.78, 5) is 24.8. The summed E-state index contributed by atoms with van der Waals surface area (Å²) in [6.45, 7) is 0.247. The molecular weight excluding hydrogens is 374 g/mol. The van der Waals surface area contributed by atoms with E-state index in [1.807, 2.05) is 30.3 Å². The number of carbonyl (C=O) groups excluding carboxylic acids is 2. The van der Waals surface area contributed by atoms with Crippen LogP contribution >= 0.6 is 0 Å². The average Bonchev–Trinajstić information content (AvgIpc) is 3.39. The lowest BCUT2D eigenvalue weighted by atomic mass is 9.79. The number of fused-ring (bicyclic) bond motifs is 1. The molecule has 2 heterocycles. The van der Waals surface area contributed by atoms with Gasteiger partial charge in [0.05, 0.1) is 13.4 Å². The molecule has 4 atom stereocenters. The average molecular weight is 399 g/mol. The molecule has 0 radical (unpaired) electrons. The van der Waals surface area contributed by atoms with Crippen LogP contribution in [-0.2, 0) is 16.1 Å². The highest BCUT2D eigenvalue weighted by atomic mass is 16.5. The quantitative estimate of drug-likeness (QED) is 0.637. The minimum Gasteiger partial charge on any atom is -0.489 e. The molecule has 1 saturated heterocycles. The second kappa shape index (κ2) is 8.67. The number of para-hydroxylation sites is 1. The SMILES string of the molecule is COC(=O)C1NNC2CCC(NC(=O)c3occc3COc3ccccc3)CC21. The van der Waals surface area contributed by atoms with E-state index in [1.54, 1.807) is 6.07 Å². The van der Waals surface area contributed by atoms with E-state index in [2.05, 4.69) is 16.2 Å². The number of rotatable bonds is 6. The third-order valence-corrected chi connectivity index (χ3v) is 5.63. The fraction of sp³-hybridized carbons (Fsp3) is 0.429. The Labute approximate surface area is 168 Å². The van der Waals surface area contributed by atoms with Crippen molar-refractivity contribution in [1.29, 1.82) is 0 Å². The number of hydrogen-bond donors (Lipinski definition) is 3. The Bertz CT molecular complexity index is 853. The van der Waals surface area contributed by atoms with Crippen molar-refractivity contribution >= 4 is 11.9 Å². The monoisotopic (exact) mass is 399 g/mol. The lowest BCUT2D eigenvalue weighted by Crippen LogP contribution is -2.46. The van der Waals surface area contributed by atoms with Gasteiger partial charge in [-0.05, 0) is 37.5 Å². The molecule has 1 amide bonds. The summed E-state index contributed by atoms with van der Waals surface area (Å²) in [6, 6.07) is 10.9. The number of benzene rings is 1. The van der Waals surface area contributed by atoms with Gasteiger partial charge in [-0.3, -0.25) is 15.0 Å². The number of nitrogens with one attached hydrogen (secondary N) is 3. The van der Waals surface area contributed by atoms with Gasteiger partial charge in [-0.2, -0.15) is 0 Å². The smallest absolute Gasteiger partial charge is 0.324 e. The van der Waals surface area contributed by atoms with E-state index in [1.165, 1.54) is 13.4 Å². The van der Waals surface area contributed by atoms with Gasteiger partial charge in [0, 0.05) is 23.6 Å². The van der Waals surface area contributed by atoms with Crippen LogP contribution in [0, 0.1) is 5.92 Å². The number of esters is 1. The third kappa shape index (κ3) is 4.28. The number of hydrogen-bond acceptors (Lipinski definition) is 7. The molecule has 1 aliphatic heterocycles. The number of hydrazine groups is 1. The van der Waals surface area contributed by atoms with Gasteiger partial charge in [0.2, 0.25) is 0 Å². The van der Waals surface area contributed by atoms with E-state index >= 15 is 0 Å². The first kappa shape index (κ1) is 19.5. The Morgan fingerprint density at radius 1 is 1.17 bits per heavy atom. The number of carbonyl (C=O) groups is 2. The predicted molar refractivity (Wildman–Crippen MR) is 104 cm³/mol. The second-order valence-electron chi connectivity index (χ2n) is 7.42. The van der Waals surface area contributed by atoms with Crippen molar-refractivity contribution in [2.75, 3.05) is 7.11 Å². The van der Waals surface area contributed by atoms with Gasteiger partial charge in [-0.15, -0.1) is 0 Å². The Morgan fingerprint density at radius 3 is 2.79 bits per heavy atom. The molecule has 8 heteroatoms. The Kier molecular flexibility index (Phi) is 5.82. The first-order valence-electron chi connectivity index (χ1n) is 9.79. The van der Waals surface area contributed by atoms with E-state index < -0.39 is 6.04 Å². The normalized spacial score (nSPS) is 25.8. The van der Waals surface area contributed by atoms with Crippen LogP contribution in [0.15, 0.2) is 47.1 Å². The fourth-order valence-electron chi connectivity index (χ4n) is 4.13. The highest BCUT2D eigenvalue weighted by molar-refractivity contribution is 5.93. The summed E-state index contributed by atoms with van der Waals surface area (Å²) < 4.78 is 16.0. The molecule has 8 nitrogen and oxygen atoms in total. The largest absolute Gasteiger partial charge is 0.489 e. The van der Waals surface area contributed by atoms with Crippen LogP contribution in [-0.4, -0.2) is 37.1 Å². The van der Waals surface area contributed by atoms with Gasteiger partial charge < -0.3 is 19.2 Å². The third-order valence-electron chi connectivity index (χ3n) is 5.63. The minimum absolute atomic E-state index is 0.0365. The number of methoxy groups -OCH3 is 1. The van der Waals surface area contributed by atoms with E-state index in [-0.39, 0.29) is 42.2 Å². The minimum atomic E-state index is -0.400. The van der Waals surface area contributed by atoms with Crippen LogP contribution in [0.1, 0.15) is 35.4 Å². The fourth-order valence-corrected chi connectivity index (χ4v) is 4.13. The van der Waals surface area contributed by atoms with Crippen LogP contribution < -0.4 is 20.9 Å². The topological polar surface area (TPSA) is 102 Å². The molecule has 4 unspecified atom stereocenters. The van der Waals surface area contributed by atoms with Gasteiger partial charge in [-0.25, -0.2) is 5.43 Å². The summed E-state index contributed by atoms with van der Waals surface area (Å²) in [5.41, 5.74) is 6.88. The number of amides is 1. The molecule has 29 heavy (non-hydrogen) atoms. The Balaban J connectivity index is 1.36. The first-order valence-corrected chi connectivity index (χ1v) is 9.79.